The van der Waals surface area contributed by atoms with Crippen LogP contribution in [0.15, 0.2) is 0 Å². The summed E-state index contributed by atoms with van der Waals surface area (Å²) in [6.45, 7) is 3.15. The van der Waals surface area contributed by atoms with Crippen molar-refractivity contribution in [3.8, 4) is 0 Å². The van der Waals surface area contributed by atoms with Crippen LogP contribution < -0.4 is 5.32 Å². The summed E-state index contributed by atoms with van der Waals surface area (Å²) < 4.78 is 4.91. The topological polar surface area (TPSA) is 78.9 Å². The van der Waals surface area contributed by atoms with Crippen LogP contribution in [0.4, 0.5) is 4.79 Å². The molecule has 1 unspecified atom stereocenters. The molecule has 0 spiro atoms. The second kappa shape index (κ2) is 9.70. The van der Waals surface area contributed by atoms with Crippen molar-refractivity contribution in [1.82, 2.24) is 10.2 Å². The van der Waals surface area contributed by atoms with Gasteiger partial charge in [-0.05, 0) is 12.8 Å². The van der Waals surface area contributed by atoms with Crippen LogP contribution in [0.1, 0.15) is 32.6 Å². The van der Waals surface area contributed by atoms with E-state index >= 15 is 0 Å². The van der Waals surface area contributed by atoms with Crippen molar-refractivity contribution in [2.24, 2.45) is 0 Å². The molecule has 0 saturated heterocycles. The van der Waals surface area contributed by atoms with Gasteiger partial charge in [0.15, 0.2) is 0 Å². The van der Waals surface area contributed by atoms with Gasteiger partial charge >= 0.3 is 12.0 Å². The lowest BCUT2D eigenvalue weighted by Crippen LogP contribution is -2.44. The number of rotatable bonds is 9. The highest BCUT2D eigenvalue weighted by molar-refractivity contribution is 5.75. The van der Waals surface area contributed by atoms with Gasteiger partial charge in [-0.15, -0.1) is 0 Å². The first kappa shape index (κ1) is 16.7. The van der Waals surface area contributed by atoms with E-state index in [4.69, 9.17) is 9.84 Å². The number of hydrogen-bond donors (Lipinski definition) is 2. The van der Waals surface area contributed by atoms with E-state index in [0.29, 0.717) is 19.6 Å². The molecule has 0 aliphatic rings. The van der Waals surface area contributed by atoms with Gasteiger partial charge in [0.05, 0.1) is 6.42 Å². The average Bonchev–Trinajstić information content (AvgIpc) is 2.28. The number of carboxylic acid groups (broad SMARTS) is 1. The molecule has 0 rings (SSSR count). The molecule has 2 N–H and O–H groups in total. The Bertz CT molecular complexity index is 258. The summed E-state index contributed by atoms with van der Waals surface area (Å²) in [7, 11) is 3.30. The summed E-state index contributed by atoms with van der Waals surface area (Å²) in [4.78, 5) is 24.0. The summed E-state index contributed by atoms with van der Waals surface area (Å²) in [5, 5.41) is 11.5. The molecule has 0 aromatic carbocycles. The van der Waals surface area contributed by atoms with E-state index in [2.05, 4.69) is 5.32 Å². The van der Waals surface area contributed by atoms with Crippen LogP contribution in [0.25, 0.3) is 0 Å². The van der Waals surface area contributed by atoms with Crippen LogP contribution in [0, 0.1) is 0 Å². The molecule has 6 heteroatoms. The lowest BCUT2D eigenvalue weighted by Gasteiger charge is -2.22. The smallest absolute Gasteiger partial charge is 0.317 e. The number of nitrogens with one attached hydrogen (secondary N) is 1. The molecular weight excluding hydrogens is 236 g/mol. The molecule has 0 radical (unpaired) electrons. The van der Waals surface area contributed by atoms with E-state index in [-0.39, 0.29) is 18.5 Å². The van der Waals surface area contributed by atoms with E-state index in [0.717, 1.165) is 12.8 Å². The number of hydrogen-bond acceptors (Lipinski definition) is 3. The predicted molar refractivity (Wildman–Crippen MR) is 68.6 cm³/mol. The van der Waals surface area contributed by atoms with Gasteiger partial charge in [-0.2, -0.15) is 0 Å². The molecule has 2 amide bonds. The van der Waals surface area contributed by atoms with Crippen LogP contribution >= 0.6 is 0 Å². The fraction of sp³-hybridized carbons (Fsp3) is 0.833. The molecule has 0 bridgehead atoms. The molecule has 0 heterocycles. The molecular formula is C12H24N2O4. The second-order valence-electron chi connectivity index (χ2n) is 4.30. The molecule has 0 fully saturated rings. The minimum Gasteiger partial charge on any atom is -0.481 e. The highest BCUT2D eigenvalue weighted by atomic mass is 16.5. The lowest BCUT2D eigenvalue weighted by atomic mass is 10.1. The number of carbonyl (C=O) groups is 2. The SMILES string of the molecule is CCCC(CC(=O)O)NC(=O)N(C)CCCOC. The van der Waals surface area contributed by atoms with E-state index in [9.17, 15) is 9.59 Å². The number of aliphatic carboxylic acids is 1. The first-order valence-corrected chi connectivity index (χ1v) is 6.23. The molecule has 0 aliphatic carbocycles. The van der Waals surface area contributed by atoms with Gasteiger partial charge in [-0.25, -0.2) is 4.79 Å². The summed E-state index contributed by atoms with van der Waals surface area (Å²) in [6.07, 6.45) is 2.23. The maximum absolute atomic E-state index is 11.8. The van der Waals surface area contributed by atoms with Crippen molar-refractivity contribution in [2.75, 3.05) is 27.3 Å². The number of methoxy groups -OCH3 is 1. The highest BCUT2D eigenvalue weighted by Gasteiger charge is 2.17. The van der Waals surface area contributed by atoms with Crippen molar-refractivity contribution in [3.63, 3.8) is 0 Å². The molecule has 0 aliphatic heterocycles. The summed E-state index contributed by atoms with van der Waals surface area (Å²) in [6, 6.07) is -0.532. The monoisotopic (exact) mass is 260 g/mol. The summed E-state index contributed by atoms with van der Waals surface area (Å²) in [5.74, 6) is -0.893. The maximum atomic E-state index is 11.8. The van der Waals surface area contributed by atoms with Crippen LogP contribution in [0.2, 0.25) is 0 Å². The molecule has 1 atom stereocenters. The Hall–Kier alpha value is -1.30. The third-order valence-corrected chi connectivity index (χ3v) is 2.57. The Morgan fingerprint density at radius 3 is 2.61 bits per heavy atom. The van der Waals surface area contributed by atoms with Crippen LogP contribution in [-0.2, 0) is 9.53 Å². The zero-order valence-corrected chi connectivity index (χ0v) is 11.4. The Labute approximate surface area is 108 Å². The van der Waals surface area contributed by atoms with E-state index < -0.39 is 5.97 Å². The van der Waals surface area contributed by atoms with E-state index in [1.807, 2.05) is 6.92 Å². The standard InChI is InChI=1S/C12H24N2O4/c1-4-6-10(9-11(15)16)13-12(17)14(2)7-5-8-18-3/h10H,4-9H2,1-3H3,(H,13,17)(H,15,16). The summed E-state index contributed by atoms with van der Waals surface area (Å²) in [5.41, 5.74) is 0. The zero-order valence-electron chi connectivity index (χ0n) is 11.4. The van der Waals surface area contributed by atoms with E-state index in [1.165, 1.54) is 0 Å². The molecule has 0 saturated carbocycles. The quantitative estimate of drug-likeness (QED) is 0.613. The highest BCUT2D eigenvalue weighted by Crippen LogP contribution is 2.03. The average molecular weight is 260 g/mol. The molecule has 6 nitrogen and oxygen atoms in total. The van der Waals surface area contributed by atoms with Crippen molar-refractivity contribution in [1.29, 1.82) is 0 Å². The van der Waals surface area contributed by atoms with Crippen molar-refractivity contribution in [2.45, 2.75) is 38.6 Å². The van der Waals surface area contributed by atoms with Gasteiger partial charge in [0, 0.05) is 33.4 Å². The Balaban J connectivity index is 4.09. The third-order valence-electron chi connectivity index (χ3n) is 2.57. The van der Waals surface area contributed by atoms with Crippen molar-refractivity contribution >= 4 is 12.0 Å². The molecule has 0 aromatic heterocycles. The van der Waals surface area contributed by atoms with Gasteiger partial charge in [0.1, 0.15) is 0 Å². The minimum absolute atomic E-state index is 0.0362. The Kier molecular flexibility index (Phi) is 9.00. The maximum Gasteiger partial charge on any atom is 0.317 e. The first-order chi connectivity index (χ1) is 8.51. The van der Waals surface area contributed by atoms with Crippen LogP contribution in [-0.4, -0.2) is 55.4 Å². The summed E-state index contributed by atoms with van der Waals surface area (Å²) >= 11 is 0. The number of amides is 2. The van der Waals surface area contributed by atoms with Gasteiger partial charge in [-0.3, -0.25) is 4.79 Å². The number of ether oxygens (including phenoxy) is 1. The fourth-order valence-electron chi connectivity index (χ4n) is 1.62. The van der Waals surface area contributed by atoms with Gasteiger partial charge in [-0.1, -0.05) is 13.3 Å². The third kappa shape index (κ3) is 7.89. The number of carboxylic acids is 1. The normalized spacial score (nSPS) is 11.9. The Morgan fingerprint density at radius 1 is 1.44 bits per heavy atom. The largest absolute Gasteiger partial charge is 0.481 e. The number of urea groups is 1. The minimum atomic E-state index is -0.893. The zero-order chi connectivity index (χ0) is 14.0. The lowest BCUT2D eigenvalue weighted by molar-refractivity contribution is -0.137. The second-order valence-corrected chi connectivity index (χ2v) is 4.30. The first-order valence-electron chi connectivity index (χ1n) is 6.23. The number of nitrogens with zero attached hydrogens (tertiary/aromatic N) is 1. The van der Waals surface area contributed by atoms with Gasteiger partial charge in [0.25, 0.3) is 0 Å². The van der Waals surface area contributed by atoms with Crippen molar-refractivity contribution in [3.05, 3.63) is 0 Å². The van der Waals surface area contributed by atoms with Crippen LogP contribution in [0.3, 0.4) is 0 Å². The van der Waals surface area contributed by atoms with E-state index in [1.54, 1.807) is 19.1 Å². The molecule has 18 heavy (non-hydrogen) atoms. The van der Waals surface area contributed by atoms with Gasteiger partial charge < -0.3 is 20.1 Å². The Morgan fingerprint density at radius 2 is 2.11 bits per heavy atom. The van der Waals surface area contributed by atoms with Gasteiger partial charge in [0.2, 0.25) is 0 Å². The molecule has 106 valence electrons. The fourth-order valence-corrected chi connectivity index (χ4v) is 1.62. The van der Waals surface area contributed by atoms with Crippen molar-refractivity contribution < 1.29 is 19.4 Å². The van der Waals surface area contributed by atoms with Crippen LogP contribution in [0.5, 0.6) is 0 Å². The number of carbonyl (C=O) groups excluding carboxylic acids is 1. The predicted octanol–water partition coefficient (Wildman–Crippen LogP) is 1.31. The molecule has 0 aromatic rings.